The van der Waals surface area contributed by atoms with Gasteiger partial charge >= 0.3 is 0 Å². The van der Waals surface area contributed by atoms with E-state index in [1.165, 1.54) is 0 Å². The number of nitrogens with zero attached hydrogens (tertiary/aromatic N) is 2. The van der Waals surface area contributed by atoms with Gasteiger partial charge in [0.2, 0.25) is 0 Å². The quantitative estimate of drug-likeness (QED) is 0.868. The third-order valence-electron chi connectivity index (χ3n) is 5.17. The van der Waals surface area contributed by atoms with Crippen molar-refractivity contribution in [3.05, 3.63) is 52.7 Å². The van der Waals surface area contributed by atoms with Crippen molar-refractivity contribution in [2.24, 2.45) is 0 Å². The molecule has 1 N–H and O–H groups in total. The number of benzene rings is 1. The first kappa shape index (κ1) is 18.2. The van der Waals surface area contributed by atoms with Crippen LogP contribution in [0.4, 0.5) is 11.5 Å². The molecule has 0 atom stereocenters. The minimum Gasteiger partial charge on any atom is -0.347 e. The lowest BCUT2D eigenvalue weighted by Crippen LogP contribution is -2.47. The van der Waals surface area contributed by atoms with Crippen LogP contribution in [0.15, 0.2) is 36.5 Å². The zero-order valence-electron chi connectivity index (χ0n) is 15.2. The summed E-state index contributed by atoms with van der Waals surface area (Å²) >= 11 is 6.15. The van der Waals surface area contributed by atoms with Gasteiger partial charge < -0.3 is 19.7 Å². The fourth-order valence-electron chi connectivity index (χ4n) is 3.49. The van der Waals surface area contributed by atoms with E-state index in [0.29, 0.717) is 55.5 Å². The smallest absolute Gasteiger partial charge is 0.255 e. The van der Waals surface area contributed by atoms with Crippen molar-refractivity contribution in [1.29, 1.82) is 0 Å². The summed E-state index contributed by atoms with van der Waals surface area (Å²) in [7, 11) is 0. The third kappa shape index (κ3) is 3.78. The molecule has 1 spiro atoms. The van der Waals surface area contributed by atoms with E-state index in [9.17, 15) is 4.79 Å². The number of piperidine rings is 1. The molecular formula is C20H22ClN3O3. The van der Waals surface area contributed by atoms with Crippen LogP contribution in [0.1, 0.15) is 28.8 Å². The van der Waals surface area contributed by atoms with E-state index in [1.54, 1.807) is 12.3 Å². The number of carbonyl (C=O) groups excluding carboxylic acids is 1. The Hall–Kier alpha value is -2.15. The molecule has 142 valence electrons. The predicted octanol–water partition coefficient (Wildman–Crippen LogP) is 3.77. The number of anilines is 2. The summed E-state index contributed by atoms with van der Waals surface area (Å²) < 4.78 is 11.4. The molecule has 2 aliphatic heterocycles. The molecule has 0 aliphatic carbocycles. The summed E-state index contributed by atoms with van der Waals surface area (Å²) in [5.74, 6) is 0.181. The number of hydrogen-bond donors (Lipinski definition) is 1. The van der Waals surface area contributed by atoms with Crippen molar-refractivity contribution in [2.75, 3.05) is 31.6 Å². The summed E-state index contributed by atoms with van der Waals surface area (Å²) in [6.45, 7) is 4.47. The molecule has 2 aromatic rings. The van der Waals surface area contributed by atoms with Gasteiger partial charge in [0.05, 0.1) is 18.8 Å². The van der Waals surface area contributed by atoms with Gasteiger partial charge in [0.15, 0.2) is 5.79 Å². The number of ether oxygens (including phenoxy) is 2. The molecule has 27 heavy (non-hydrogen) atoms. The van der Waals surface area contributed by atoms with Crippen LogP contribution in [0.3, 0.4) is 0 Å². The zero-order valence-corrected chi connectivity index (χ0v) is 16.0. The van der Waals surface area contributed by atoms with E-state index in [0.717, 1.165) is 11.3 Å². The van der Waals surface area contributed by atoms with Gasteiger partial charge in [0.25, 0.3) is 5.91 Å². The molecule has 0 unspecified atom stereocenters. The molecule has 1 aromatic carbocycles. The van der Waals surface area contributed by atoms with E-state index in [-0.39, 0.29) is 5.91 Å². The normalized spacial score (nSPS) is 18.7. The Bertz CT molecular complexity index is 825. The van der Waals surface area contributed by atoms with Gasteiger partial charge in [0.1, 0.15) is 5.82 Å². The molecule has 1 amide bonds. The Morgan fingerprint density at radius 3 is 2.59 bits per heavy atom. The SMILES string of the molecule is Cc1c(Cl)cccc1Nc1ccc(C(=O)N2CCC3(CC2)OCCO3)cn1. The van der Waals surface area contributed by atoms with Crippen molar-refractivity contribution in [1.82, 2.24) is 9.88 Å². The maximum atomic E-state index is 12.7. The van der Waals surface area contributed by atoms with Crippen molar-refractivity contribution in [3.8, 4) is 0 Å². The minimum absolute atomic E-state index is 0.0131. The first-order valence-electron chi connectivity index (χ1n) is 9.12. The number of rotatable bonds is 3. The highest BCUT2D eigenvalue weighted by Gasteiger charge is 2.40. The summed E-state index contributed by atoms with van der Waals surface area (Å²) in [6, 6.07) is 9.28. The van der Waals surface area contributed by atoms with Crippen LogP contribution in [0.25, 0.3) is 0 Å². The molecule has 3 heterocycles. The van der Waals surface area contributed by atoms with Crippen molar-refractivity contribution in [3.63, 3.8) is 0 Å². The molecule has 7 heteroatoms. The number of aromatic nitrogens is 1. The second-order valence-corrected chi connectivity index (χ2v) is 7.28. The lowest BCUT2D eigenvalue weighted by Gasteiger charge is -2.37. The van der Waals surface area contributed by atoms with E-state index in [2.05, 4.69) is 10.3 Å². The number of pyridine rings is 1. The van der Waals surface area contributed by atoms with E-state index >= 15 is 0 Å². The average Bonchev–Trinajstić information content (AvgIpc) is 3.14. The summed E-state index contributed by atoms with van der Waals surface area (Å²) in [6.07, 6.45) is 3.02. The highest BCUT2D eigenvalue weighted by Crippen LogP contribution is 2.32. The summed E-state index contributed by atoms with van der Waals surface area (Å²) in [5.41, 5.74) is 2.43. The fraction of sp³-hybridized carbons (Fsp3) is 0.400. The van der Waals surface area contributed by atoms with Crippen LogP contribution in [-0.2, 0) is 9.47 Å². The van der Waals surface area contributed by atoms with Crippen LogP contribution in [0.2, 0.25) is 5.02 Å². The second-order valence-electron chi connectivity index (χ2n) is 6.87. The van der Waals surface area contributed by atoms with Crippen LogP contribution >= 0.6 is 11.6 Å². The monoisotopic (exact) mass is 387 g/mol. The first-order chi connectivity index (χ1) is 13.1. The molecule has 0 radical (unpaired) electrons. The predicted molar refractivity (Wildman–Crippen MR) is 103 cm³/mol. The Kier molecular flexibility index (Phi) is 5.04. The fourth-order valence-corrected chi connectivity index (χ4v) is 3.67. The van der Waals surface area contributed by atoms with Crippen LogP contribution in [-0.4, -0.2) is 47.9 Å². The summed E-state index contributed by atoms with van der Waals surface area (Å²) in [4.78, 5) is 19.0. The molecule has 0 saturated carbocycles. The van der Waals surface area contributed by atoms with Gasteiger partial charge in [0, 0.05) is 42.8 Å². The maximum Gasteiger partial charge on any atom is 0.255 e. The van der Waals surface area contributed by atoms with Gasteiger partial charge in [-0.1, -0.05) is 17.7 Å². The van der Waals surface area contributed by atoms with Crippen LogP contribution in [0.5, 0.6) is 0 Å². The van der Waals surface area contributed by atoms with Gasteiger partial charge in [-0.15, -0.1) is 0 Å². The lowest BCUT2D eigenvalue weighted by atomic mass is 10.0. The Morgan fingerprint density at radius 2 is 1.93 bits per heavy atom. The molecule has 2 aliphatic rings. The van der Waals surface area contributed by atoms with Gasteiger partial charge in [-0.3, -0.25) is 4.79 Å². The topological polar surface area (TPSA) is 63.7 Å². The van der Waals surface area contributed by atoms with Crippen LogP contribution < -0.4 is 5.32 Å². The van der Waals surface area contributed by atoms with Crippen molar-refractivity contribution in [2.45, 2.75) is 25.6 Å². The molecule has 2 saturated heterocycles. The number of halogens is 1. The molecule has 1 aromatic heterocycles. The number of amides is 1. The van der Waals surface area contributed by atoms with Crippen molar-refractivity contribution < 1.29 is 14.3 Å². The highest BCUT2D eigenvalue weighted by molar-refractivity contribution is 6.31. The largest absolute Gasteiger partial charge is 0.347 e. The first-order valence-corrected chi connectivity index (χ1v) is 9.50. The Balaban J connectivity index is 1.40. The Labute approximate surface area is 163 Å². The summed E-state index contributed by atoms with van der Waals surface area (Å²) in [5, 5.41) is 3.94. The molecule has 2 fully saturated rings. The number of nitrogens with one attached hydrogen (secondary N) is 1. The van der Waals surface area contributed by atoms with E-state index in [4.69, 9.17) is 21.1 Å². The van der Waals surface area contributed by atoms with Gasteiger partial charge in [-0.2, -0.15) is 0 Å². The van der Waals surface area contributed by atoms with Crippen molar-refractivity contribution >= 4 is 29.0 Å². The highest BCUT2D eigenvalue weighted by atomic mass is 35.5. The zero-order chi connectivity index (χ0) is 18.9. The average molecular weight is 388 g/mol. The molecule has 4 rings (SSSR count). The number of hydrogen-bond acceptors (Lipinski definition) is 5. The lowest BCUT2D eigenvalue weighted by molar-refractivity contribution is -0.181. The van der Waals surface area contributed by atoms with E-state index in [1.807, 2.05) is 36.1 Å². The maximum absolute atomic E-state index is 12.7. The standard InChI is InChI=1S/C20H22ClN3O3/c1-14-16(21)3-2-4-17(14)23-18-6-5-15(13-22-18)19(25)24-9-7-20(8-10-24)26-11-12-27-20/h2-6,13H,7-12H2,1H3,(H,22,23). The van der Waals surface area contributed by atoms with Gasteiger partial charge in [-0.25, -0.2) is 4.98 Å². The molecule has 6 nitrogen and oxygen atoms in total. The van der Waals surface area contributed by atoms with E-state index < -0.39 is 5.79 Å². The number of likely N-dealkylation sites (tertiary alicyclic amines) is 1. The second kappa shape index (κ2) is 7.46. The Morgan fingerprint density at radius 1 is 1.19 bits per heavy atom. The number of carbonyl (C=O) groups is 1. The minimum atomic E-state index is -0.475. The molecular weight excluding hydrogens is 366 g/mol. The molecule has 0 bridgehead atoms. The van der Waals surface area contributed by atoms with Crippen LogP contribution in [0, 0.1) is 6.92 Å². The van der Waals surface area contributed by atoms with Gasteiger partial charge in [-0.05, 0) is 36.8 Å². The third-order valence-corrected chi connectivity index (χ3v) is 5.58.